The van der Waals surface area contributed by atoms with E-state index in [1.807, 2.05) is 0 Å². The zero-order chi connectivity index (χ0) is 10.8. The van der Waals surface area contributed by atoms with E-state index in [2.05, 4.69) is 6.92 Å². The summed E-state index contributed by atoms with van der Waals surface area (Å²) in [5, 5.41) is 9.04. The van der Waals surface area contributed by atoms with E-state index in [1.54, 1.807) is 0 Å². The van der Waals surface area contributed by atoms with Gasteiger partial charge in [-0.2, -0.15) is 0 Å². The van der Waals surface area contributed by atoms with E-state index in [0.29, 0.717) is 5.92 Å². The number of carboxylic acid groups (broad SMARTS) is 1. The molecule has 2 rings (SSSR count). The van der Waals surface area contributed by atoms with E-state index >= 15 is 0 Å². The second-order valence-electron chi connectivity index (χ2n) is 5.11. The maximum absolute atomic E-state index is 11.0. The highest BCUT2D eigenvalue weighted by Gasteiger charge is 2.39. The lowest BCUT2D eigenvalue weighted by Crippen LogP contribution is -2.33. The van der Waals surface area contributed by atoms with Crippen LogP contribution >= 0.6 is 0 Å². The first-order valence-electron chi connectivity index (χ1n) is 6.05. The molecule has 0 spiro atoms. The molecule has 0 saturated heterocycles. The smallest absolute Gasteiger partial charge is 0.333 e. The van der Waals surface area contributed by atoms with Gasteiger partial charge in [-0.3, -0.25) is 0 Å². The van der Waals surface area contributed by atoms with Crippen molar-refractivity contribution in [2.75, 3.05) is 0 Å². The van der Waals surface area contributed by atoms with Crippen LogP contribution in [0, 0.1) is 11.8 Å². The minimum Gasteiger partial charge on any atom is -0.479 e. The van der Waals surface area contributed by atoms with Crippen molar-refractivity contribution in [1.29, 1.82) is 0 Å². The van der Waals surface area contributed by atoms with E-state index in [-0.39, 0.29) is 6.10 Å². The summed E-state index contributed by atoms with van der Waals surface area (Å²) in [6.07, 6.45) is 6.17. The van der Waals surface area contributed by atoms with E-state index < -0.39 is 12.1 Å². The third kappa shape index (κ3) is 2.94. The van der Waals surface area contributed by atoms with Crippen molar-refractivity contribution in [1.82, 2.24) is 0 Å². The summed E-state index contributed by atoms with van der Waals surface area (Å²) in [7, 11) is 0. The molecule has 2 fully saturated rings. The van der Waals surface area contributed by atoms with Gasteiger partial charge in [-0.25, -0.2) is 4.79 Å². The molecule has 0 amide bonds. The van der Waals surface area contributed by atoms with Gasteiger partial charge in [0.1, 0.15) is 0 Å². The van der Waals surface area contributed by atoms with Crippen LogP contribution in [0.15, 0.2) is 0 Å². The standard InChI is InChI=1S/C12H20O3/c1-8-2-6-10(7-3-8)15-11(12(13)14)9-4-5-9/h8-11H,2-7H2,1H3,(H,13,14). The summed E-state index contributed by atoms with van der Waals surface area (Å²) in [5.74, 6) is 0.312. The highest BCUT2D eigenvalue weighted by molar-refractivity contribution is 5.73. The first kappa shape index (κ1) is 10.9. The van der Waals surface area contributed by atoms with Gasteiger partial charge in [0, 0.05) is 0 Å². The maximum Gasteiger partial charge on any atom is 0.333 e. The van der Waals surface area contributed by atoms with Crippen molar-refractivity contribution in [3.63, 3.8) is 0 Å². The van der Waals surface area contributed by atoms with E-state index in [0.717, 1.165) is 31.6 Å². The molecular weight excluding hydrogens is 192 g/mol. The van der Waals surface area contributed by atoms with Gasteiger partial charge in [0.25, 0.3) is 0 Å². The Kier molecular flexibility index (Phi) is 3.29. The summed E-state index contributed by atoms with van der Waals surface area (Å²) in [6, 6.07) is 0. The normalized spacial score (nSPS) is 33.7. The van der Waals surface area contributed by atoms with Crippen molar-refractivity contribution < 1.29 is 14.6 Å². The van der Waals surface area contributed by atoms with E-state index in [4.69, 9.17) is 9.84 Å². The Morgan fingerprint density at radius 1 is 1.20 bits per heavy atom. The van der Waals surface area contributed by atoms with Crippen molar-refractivity contribution in [2.24, 2.45) is 11.8 Å². The number of hydrogen-bond acceptors (Lipinski definition) is 2. The topological polar surface area (TPSA) is 46.5 Å². The summed E-state index contributed by atoms with van der Waals surface area (Å²) in [4.78, 5) is 11.0. The third-order valence-corrected chi connectivity index (χ3v) is 3.60. The van der Waals surface area contributed by atoms with Crippen LogP contribution in [-0.4, -0.2) is 23.3 Å². The van der Waals surface area contributed by atoms with Crippen LogP contribution in [0.5, 0.6) is 0 Å². The summed E-state index contributed by atoms with van der Waals surface area (Å²) < 4.78 is 5.73. The molecule has 0 aromatic carbocycles. The van der Waals surface area contributed by atoms with Crippen LogP contribution in [0.1, 0.15) is 45.4 Å². The zero-order valence-electron chi connectivity index (χ0n) is 9.32. The van der Waals surface area contributed by atoms with Gasteiger partial charge in [0.15, 0.2) is 6.10 Å². The molecule has 1 N–H and O–H groups in total. The zero-order valence-corrected chi connectivity index (χ0v) is 9.32. The molecular formula is C12H20O3. The molecule has 86 valence electrons. The van der Waals surface area contributed by atoms with Crippen LogP contribution in [0.4, 0.5) is 0 Å². The van der Waals surface area contributed by atoms with E-state index in [9.17, 15) is 4.79 Å². The Labute approximate surface area is 90.8 Å². The minimum atomic E-state index is -0.767. The second-order valence-corrected chi connectivity index (χ2v) is 5.11. The van der Waals surface area contributed by atoms with Gasteiger partial charge in [0.05, 0.1) is 6.10 Å². The highest BCUT2D eigenvalue weighted by Crippen LogP contribution is 2.36. The van der Waals surface area contributed by atoms with Crippen molar-refractivity contribution in [2.45, 2.75) is 57.7 Å². The molecule has 1 unspecified atom stereocenters. The monoisotopic (exact) mass is 212 g/mol. The molecule has 2 aliphatic carbocycles. The Bertz CT molecular complexity index is 227. The molecule has 0 bridgehead atoms. The Balaban J connectivity index is 1.81. The van der Waals surface area contributed by atoms with Gasteiger partial charge >= 0.3 is 5.97 Å². The first-order valence-corrected chi connectivity index (χ1v) is 6.05. The molecule has 0 aromatic rings. The fourth-order valence-electron chi connectivity index (χ4n) is 2.34. The summed E-state index contributed by atoms with van der Waals surface area (Å²) in [6.45, 7) is 2.26. The predicted molar refractivity (Wildman–Crippen MR) is 56.7 cm³/mol. The fourth-order valence-corrected chi connectivity index (χ4v) is 2.34. The van der Waals surface area contributed by atoms with Crippen molar-refractivity contribution in [3.8, 4) is 0 Å². The van der Waals surface area contributed by atoms with Gasteiger partial charge in [-0.15, -0.1) is 0 Å². The molecule has 0 heterocycles. The van der Waals surface area contributed by atoms with Crippen LogP contribution in [0.25, 0.3) is 0 Å². The summed E-state index contributed by atoms with van der Waals surface area (Å²) in [5.41, 5.74) is 0. The lowest BCUT2D eigenvalue weighted by atomic mass is 9.89. The van der Waals surface area contributed by atoms with Crippen molar-refractivity contribution >= 4 is 5.97 Å². The fraction of sp³-hybridized carbons (Fsp3) is 0.917. The van der Waals surface area contributed by atoms with Gasteiger partial charge < -0.3 is 9.84 Å². The summed E-state index contributed by atoms with van der Waals surface area (Å²) >= 11 is 0. The average Bonchev–Trinajstić information content (AvgIpc) is 3.00. The number of carboxylic acids is 1. The Hall–Kier alpha value is -0.570. The molecule has 15 heavy (non-hydrogen) atoms. The molecule has 0 aliphatic heterocycles. The lowest BCUT2D eigenvalue weighted by molar-refractivity contribution is -0.157. The number of carbonyl (C=O) groups is 1. The second kappa shape index (κ2) is 4.52. The quantitative estimate of drug-likeness (QED) is 0.778. The number of hydrogen-bond donors (Lipinski definition) is 1. The van der Waals surface area contributed by atoms with Gasteiger partial charge in [-0.1, -0.05) is 6.92 Å². The van der Waals surface area contributed by atoms with Gasteiger partial charge in [0.2, 0.25) is 0 Å². The van der Waals surface area contributed by atoms with Crippen LogP contribution in [-0.2, 0) is 9.53 Å². The number of rotatable bonds is 4. The Morgan fingerprint density at radius 2 is 1.80 bits per heavy atom. The molecule has 1 atom stereocenters. The van der Waals surface area contributed by atoms with Crippen molar-refractivity contribution in [3.05, 3.63) is 0 Å². The maximum atomic E-state index is 11.0. The minimum absolute atomic E-state index is 0.197. The molecule has 2 aliphatic rings. The molecule has 3 heteroatoms. The third-order valence-electron chi connectivity index (χ3n) is 3.60. The largest absolute Gasteiger partial charge is 0.479 e. The first-order chi connectivity index (χ1) is 7.16. The SMILES string of the molecule is CC1CCC(OC(C(=O)O)C2CC2)CC1. The molecule has 3 nitrogen and oxygen atoms in total. The Morgan fingerprint density at radius 3 is 2.27 bits per heavy atom. The van der Waals surface area contributed by atoms with E-state index in [1.165, 1.54) is 12.8 Å². The predicted octanol–water partition coefficient (Wildman–Crippen LogP) is 2.44. The molecule has 0 aromatic heterocycles. The highest BCUT2D eigenvalue weighted by atomic mass is 16.5. The van der Waals surface area contributed by atoms with Crippen LogP contribution < -0.4 is 0 Å². The number of aliphatic carboxylic acids is 1. The number of ether oxygens (including phenoxy) is 1. The average molecular weight is 212 g/mol. The molecule has 0 radical (unpaired) electrons. The lowest BCUT2D eigenvalue weighted by Gasteiger charge is -2.28. The van der Waals surface area contributed by atoms with Crippen LogP contribution in [0.3, 0.4) is 0 Å². The van der Waals surface area contributed by atoms with Gasteiger partial charge in [-0.05, 0) is 50.4 Å². The molecule has 2 saturated carbocycles. The van der Waals surface area contributed by atoms with Crippen LogP contribution in [0.2, 0.25) is 0 Å².